The van der Waals surface area contributed by atoms with E-state index in [1.165, 1.54) is 0 Å². The second kappa shape index (κ2) is 45.7. The van der Waals surface area contributed by atoms with Crippen molar-refractivity contribution < 1.29 is 86.4 Å². The minimum Gasteiger partial charge on any atom is -0.456 e. The summed E-state index contributed by atoms with van der Waals surface area (Å²) in [5.74, 6) is 0. The van der Waals surface area contributed by atoms with E-state index >= 15 is 0 Å². The minimum atomic E-state index is -2.46. The third kappa shape index (κ3) is 91.8. The zero-order chi connectivity index (χ0) is 94.3. The van der Waals surface area contributed by atoms with Crippen LogP contribution in [0.4, 0.5) is 0 Å². The molecule has 0 heterocycles. The lowest BCUT2D eigenvalue weighted by atomic mass is 11.8. The van der Waals surface area contributed by atoms with Crippen molar-refractivity contribution in [1.82, 2.24) is 0 Å². The fourth-order valence-corrected chi connectivity index (χ4v) is 136. The van der Waals surface area contributed by atoms with E-state index in [-0.39, 0.29) is 0 Å². The topological polar surface area (TPSA) is 194 Å². The van der Waals surface area contributed by atoms with Gasteiger partial charge in [-0.1, -0.05) is 0 Å². The molecule has 0 fully saturated rings. The molecular weight excluding hydrogens is 1890 g/mol. The molecule has 0 bridgehead atoms. The van der Waals surface area contributed by atoms with E-state index in [0.717, 1.165) is 0 Å². The Labute approximate surface area is 739 Å². The normalized spacial score (nSPS) is 15.3. The summed E-state index contributed by atoms with van der Waals surface area (Å²) in [6.45, 7) is 143. The monoisotopic (exact) mass is 2080 g/mol. The maximum Gasteiger partial charge on any atom is 0.314 e. The van der Waals surface area contributed by atoms with Crippen LogP contribution in [0.1, 0.15) is 0 Å². The van der Waals surface area contributed by atoms with Gasteiger partial charge in [-0.05, 0) is 432 Å². The van der Waals surface area contributed by atoms with E-state index in [4.69, 9.17) is 86.4 Å². The van der Waals surface area contributed by atoms with Crippen LogP contribution in [0.3, 0.4) is 0 Å². The van der Waals surface area contributed by atoms with E-state index in [1.54, 1.807) is 0 Å². The van der Waals surface area contributed by atoms with Crippen molar-refractivity contribution in [3.63, 3.8) is 0 Å². The highest BCUT2D eigenvalue weighted by Gasteiger charge is 2.51. The van der Waals surface area contributed by atoms with Crippen LogP contribution in [0, 0.1) is 0 Å². The third-order valence-corrected chi connectivity index (χ3v) is 99.4. The van der Waals surface area contributed by atoms with Gasteiger partial charge in [-0.2, -0.15) is 0 Å². The van der Waals surface area contributed by atoms with Crippen molar-refractivity contribution in [3.8, 4) is 0 Å². The first-order valence-corrected chi connectivity index (χ1v) is 125. The van der Waals surface area contributed by atoms with E-state index in [0.29, 0.717) is 0 Å². The highest BCUT2D eigenvalue weighted by atomic mass is 28.5. The Balaban J connectivity index is -0.000000317. The van der Waals surface area contributed by atoms with Gasteiger partial charge >= 0.3 is 128 Å². The molecule has 0 aliphatic rings. The van der Waals surface area contributed by atoms with Crippen molar-refractivity contribution in [2.75, 3.05) is 0 Å². The molecule has 0 amide bonds. The average molecular weight is 2090 g/mol. The molecular formula is C66H198O21Si27. The molecule has 114 heavy (non-hydrogen) atoms. The molecule has 0 aromatic heterocycles. The van der Waals surface area contributed by atoms with Gasteiger partial charge < -0.3 is 86.4 Å². The summed E-state index contributed by atoms with van der Waals surface area (Å²) in [7, 11) is -51.7. The Morgan fingerprint density at radius 2 is 0.105 bits per heavy atom. The second-order valence-corrected chi connectivity index (χ2v) is 158. The zero-order valence-electron chi connectivity index (χ0n) is 88.1. The first-order valence-electron chi connectivity index (χ1n) is 41.6. The first-order chi connectivity index (χ1) is 47.8. The van der Waals surface area contributed by atoms with Gasteiger partial charge in [0.05, 0.1) is 0 Å². The molecule has 0 aromatic carbocycles. The van der Waals surface area contributed by atoms with Gasteiger partial charge in [-0.15, -0.1) is 0 Å². The lowest BCUT2D eigenvalue weighted by Crippen LogP contribution is -2.60. The SMILES string of the molecule is C[Si](C)(C)O[Si](C)(C)C.C[Si](C)(C)O[Si](C)(C)O[Si](C)(C)C.C[Si](C)(C)O[Si](C)(C)O[Si](C)(C)O[Si](C)(C)C.C[Si](C)(C)O[Si](C)(C)O[Si](C)(C)O[Si](C)(C)O[Si](C)(C)C.C[Si](C)(C)O[Si](C)(C)O[Si](C)(C)O[Si](C)(C)O[Si](C)(C)O[Si](C)(C)C.C[Si](C)(C)O[Si](C)(C)O[Si](C)(C)O[Si](C)(C)O[Si](C)(C)O[Si](C)(C)O[Si](C)(C)C. The molecule has 0 saturated carbocycles. The molecule has 48 heteroatoms. The summed E-state index contributed by atoms with van der Waals surface area (Å²) in [5, 5.41) is 0. The second-order valence-electron chi connectivity index (χ2n) is 48.5. The highest BCUT2D eigenvalue weighted by Crippen LogP contribution is 2.33. The molecule has 0 saturated heterocycles. The van der Waals surface area contributed by atoms with Gasteiger partial charge in [0.15, 0.2) is 99.8 Å². The van der Waals surface area contributed by atoms with Gasteiger partial charge in [0.25, 0.3) is 0 Å². The smallest absolute Gasteiger partial charge is 0.314 e. The van der Waals surface area contributed by atoms with Crippen molar-refractivity contribution in [2.45, 2.75) is 432 Å². The van der Waals surface area contributed by atoms with Crippen molar-refractivity contribution >= 4 is 228 Å². The first kappa shape index (κ1) is 130. The Kier molecular flexibility index (Phi) is 52.0. The molecule has 696 valence electrons. The Hall–Kier alpha value is 5.02. The van der Waals surface area contributed by atoms with Gasteiger partial charge in [-0.3, -0.25) is 0 Å². The van der Waals surface area contributed by atoms with Crippen LogP contribution in [0.25, 0.3) is 0 Å². The van der Waals surface area contributed by atoms with Crippen molar-refractivity contribution in [2.24, 2.45) is 0 Å². The van der Waals surface area contributed by atoms with Gasteiger partial charge in [-0.25, -0.2) is 0 Å². The van der Waals surface area contributed by atoms with Gasteiger partial charge in [0.2, 0.25) is 0 Å². The summed E-state index contributed by atoms with van der Waals surface area (Å²) in [6.07, 6.45) is 0. The fraction of sp³-hybridized carbons (Fsp3) is 1.00. The molecule has 0 spiro atoms. The van der Waals surface area contributed by atoms with E-state index < -0.39 is 228 Å². The molecule has 21 nitrogen and oxygen atoms in total. The van der Waals surface area contributed by atoms with Crippen LogP contribution >= 0.6 is 0 Å². The molecule has 0 aliphatic carbocycles. The van der Waals surface area contributed by atoms with Gasteiger partial charge in [0.1, 0.15) is 0 Å². The summed E-state index contributed by atoms with van der Waals surface area (Å²) >= 11 is 0. The third-order valence-electron chi connectivity index (χ3n) is 11.0. The number of rotatable bonds is 42. The van der Waals surface area contributed by atoms with Crippen molar-refractivity contribution in [1.29, 1.82) is 0 Å². The summed E-state index contributed by atoms with van der Waals surface area (Å²) < 4.78 is 133. The summed E-state index contributed by atoms with van der Waals surface area (Å²) in [4.78, 5) is 0. The molecule has 0 aromatic rings. The predicted octanol–water partition coefficient (Wildman–Crippen LogP) is 26.8. The van der Waals surface area contributed by atoms with Crippen LogP contribution < -0.4 is 0 Å². The van der Waals surface area contributed by atoms with E-state index in [2.05, 4.69) is 432 Å². The van der Waals surface area contributed by atoms with Crippen LogP contribution in [0.5, 0.6) is 0 Å². The zero-order valence-corrected chi connectivity index (χ0v) is 115. The summed E-state index contributed by atoms with van der Waals surface area (Å²) in [5.41, 5.74) is 0. The predicted molar refractivity (Wildman–Crippen MR) is 565 cm³/mol. The van der Waals surface area contributed by atoms with E-state index in [9.17, 15) is 0 Å². The summed E-state index contributed by atoms with van der Waals surface area (Å²) in [6, 6.07) is 0. The number of hydrogen-bond acceptors (Lipinski definition) is 21. The maximum absolute atomic E-state index is 6.57. The molecule has 0 N–H and O–H groups in total. The Bertz CT molecular complexity index is 2560. The Morgan fingerprint density at radius 1 is 0.0614 bits per heavy atom. The van der Waals surface area contributed by atoms with Crippen LogP contribution in [0.2, 0.25) is 432 Å². The van der Waals surface area contributed by atoms with Crippen LogP contribution in [-0.4, -0.2) is 228 Å². The Morgan fingerprint density at radius 3 is 0.149 bits per heavy atom. The van der Waals surface area contributed by atoms with Gasteiger partial charge in [0, 0.05) is 0 Å². The quantitative estimate of drug-likeness (QED) is 0.0523. The lowest BCUT2D eigenvalue weighted by molar-refractivity contribution is 0.270. The largest absolute Gasteiger partial charge is 0.456 e. The minimum absolute atomic E-state index is 1.23. The average Bonchev–Trinajstić information content (AvgIpc) is 0.816. The van der Waals surface area contributed by atoms with E-state index in [1.807, 2.05) is 0 Å². The van der Waals surface area contributed by atoms with Crippen LogP contribution in [-0.2, 0) is 86.4 Å². The molecule has 0 unspecified atom stereocenters. The molecule has 0 radical (unpaired) electrons. The molecule has 0 atom stereocenters. The molecule has 0 aliphatic heterocycles. The maximum atomic E-state index is 6.57. The number of hydrogen-bond donors (Lipinski definition) is 0. The highest BCUT2D eigenvalue weighted by molar-refractivity contribution is 6.96. The molecule has 0 rings (SSSR count). The van der Waals surface area contributed by atoms with Crippen LogP contribution in [0.15, 0.2) is 0 Å². The van der Waals surface area contributed by atoms with Crippen molar-refractivity contribution in [3.05, 3.63) is 0 Å². The standard InChI is InChI=1S/C16H48O6Si7.C14H42O5Si6.C12H36O4Si5.C10H30O3Si4.C8H24O2Si3.C6H18OSi2/c1-23(2,3)17-25(7,8)19-27(11,12)21-29(15,16)22-28(13,14)20-26(9,10)18-24(4,5)6;1-20(2,3)15-22(7,8)17-24(11,12)19-25(13,14)18-23(9,10)16-21(4,5)6;1-17(2,3)13-19(7,8)15-21(11,12)16-20(9,10)14-18(4,5)6;1-14(2,3)11-16(7,8)13-17(9,10)12-15(4,5)6;1-11(2,3)9-13(7,8)10-12(4,5)6;1-8(2,3)7-9(4,5)6/h1-16H3;1-14H3;1-12H3;1-10H3;1-8H3;1-6H3. The fourth-order valence-electron chi connectivity index (χ4n) is 14.5. The lowest BCUT2D eigenvalue weighted by Gasteiger charge is -2.43.